The van der Waals surface area contributed by atoms with Crippen LogP contribution in [0.4, 0.5) is 0 Å². The molecule has 5 nitrogen and oxygen atoms in total. The van der Waals surface area contributed by atoms with Gasteiger partial charge in [-0.1, -0.05) is 0 Å². The first kappa shape index (κ1) is 14.3. The van der Waals surface area contributed by atoms with Crippen LogP contribution in [0.5, 0.6) is 11.5 Å². The average molecular weight is 305 g/mol. The number of aliphatic hydroxyl groups excluding tert-OH is 1. The summed E-state index contributed by atoms with van der Waals surface area (Å²) in [6.07, 6.45) is 2.76. The summed E-state index contributed by atoms with van der Waals surface area (Å²) >= 11 is 0. The molecule has 120 valence electrons. The van der Waals surface area contributed by atoms with Gasteiger partial charge in [-0.15, -0.1) is 0 Å². The number of methoxy groups -OCH3 is 1. The average Bonchev–Trinajstić information content (AvgIpc) is 2.74. The molecule has 0 bridgehead atoms. The van der Waals surface area contributed by atoms with Crippen molar-refractivity contribution in [1.29, 1.82) is 0 Å². The van der Waals surface area contributed by atoms with Crippen LogP contribution in [0.1, 0.15) is 36.8 Å². The molecule has 4 atom stereocenters. The first-order valence-corrected chi connectivity index (χ1v) is 8.06. The van der Waals surface area contributed by atoms with Crippen molar-refractivity contribution in [3.05, 3.63) is 28.5 Å². The van der Waals surface area contributed by atoms with Gasteiger partial charge in [-0.05, 0) is 25.0 Å². The Kier molecular flexibility index (Phi) is 2.99. The van der Waals surface area contributed by atoms with Gasteiger partial charge in [0, 0.05) is 29.4 Å². The number of aliphatic hydroxyl groups is 1. The molecule has 1 N–H and O–H groups in total. The summed E-state index contributed by atoms with van der Waals surface area (Å²) in [6, 6.07) is 3.93. The number of ether oxygens (including phenoxy) is 2. The van der Waals surface area contributed by atoms with Gasteiger partial charge in [0.2, 0.25) is 0 Å². The molecule has 2 aliphatic heterocycles. The summed E-state index contributed by atoms with van der Waals surface area (Å²) in [5.41, 5.74) is 2.14. The van der Waals surface area contributed by atoms with Crippen LogP contribution in [0.15, 0.2) is 12.1 Å². The molecule has 0 amide bonds. The van der Waals surface area contributed by atoms with Gasteiger partial charge in [0.15, 0.2) is 11.5 Å². The number of hydrogen-bond donors (Lipinski definition) is 1. The summed E-state index contributed by atoms with van der Waals surface area (Å²) in [6.45, 7) is 1.07. The minimum absolute atomic E-state index is 0.0422. The maximum Gasteiger partial charge on any atom is 0.166 e. The fourth-order valence-corrected chi connectivity index (χ4v) is 4.61. The van der Waals surface area contributed by atoms with Crippen molar-refractivity contribution < 1.29 is 19.2 Å². The smallest absolute Gasteiger partial charge is 0.166 e. The summed E-state index contributed by atoms with van der Waals surface area (Å²) < 4.78 is 11.5. The minimum atomic E-state index is -0.309. The van der Waals surface area contributed by atoms with E-state index in [1.54, 1.807) is 14.2 Å². The van der Waals surface area contributed by atoms with E-state index in [4.69, 9.17) is 9.47 Å². The maximum atomic E-state index is 12.7. The number of quaternary nitrogens is 1. The van der Waals surface area contributed by atoms with Crippen molar-refractivity contribution >= 4 is 0 Å². The molecule has 1 aliphatic carbocycles. The van der Waals surface area contributed by atoms with Crippen LogP contribution >= 0.6 is 0 Å². The monoisotopic (exact) mass is 305 g/mol. The largest absolute Gasteiger partial charge is 0.633 e. The highest BCUT2D eigenvalue weighted by molar-refractivity contribution is 5.58. The van der Waals surface area contributed by atoms with Gasteiger partial charge in [0.1, 0.15) is 12.6 Å². The quantitative estimate of drug-likeness (QED) is 0.637. The molecule has 0 aromatic heterocycles. The molecular weight excluding hydrogens is 282 g/mol. The van der Waals surface area contributed by atoms with Gasteiger partial charge >= 0.3 is 0 Å². The van der Waals surface area contributed by atoms with Gasteiger partial charge in [0.25, 0.3) is 0 Å². The van der Waals surface area contributed by atoms with Gasteiger partial charge in [-0.25, -0.2) is 0 Å². The highest BCUT2D eigenvalue weighted by Crippen LogP contribution is 2.57. The molecule has 1 aromatic rings. The Balaban J connectivity index is 1.91. The predicted molar refractivity (Wildman–Crippen MR) is 81.7 cm³/mol. The Labute approximate surface area is 130 Å². The third-order valence-electron chi connectivity index (χ3n) is 5.75. The molecule has 1 spiro atoms. The lowest BCUT2D eigenvalue weighted by Crippen LogP contribution is -2.47. The molecule has 3 aliphatic rings. The molecule has 2 heterocycles. The summed E-state index contributed by atoms with van der Waals surface area (Å²) in [5, 5.41) is 22.7. The lowest BCUT2D eigenvalue weighted by molar-refractivity contribution is -0.874. The second-order valence-corrected chi connectivity index (χ2v) is 7.25. The summed E-state index contributed by atoms with van der Waals surface area (Å²) in [7, 11) is 3.40. The molecule has 22 heavy (non-hydrogen) atoms. The van der Waals surface area contributed by atoms with Gasteiger partial charge in [0.05, 0.1) is 26.8 Å². The standard InChI is InChI=1S/C17H23NO4/c1-18(20)8-7-17-6-5-12(19)9-14(17)22-16-13(21-2)4-3-11(10-18)15(16)17/h3-4,12,14,19H,5-10H2,1-2H3/t12-,14-,17-,18+/m0/s1. The molecule has 4 rings (SSSR count). The Morgan fingerprint density at radius 3 is 3.00 bits per heavy atom. The minimum Gasteiger partial charge on any atom is -0.633 e. The van der Waals surface area contributed by atoms with Crippen molar-refractivity contribution in [3.8, 4) is 11.5 Å². The Hall–Kier alpha value is -1.30. The van der Waals surface area contributed by atoms with Crippen molar-refractivity contribution in [2.75, 3.05) is 20.7 Å². The number of hydroxylamine groups is 3. The van der Waals surface area contributed by atoms with E-state index in [1.165, 1.54) is 5.56 Å². The van der Waals surface area contributed by atoms with E-state index in [9.17, 15) is 10.3 Å². The van der Waals surface area contributed by atoms with E-state index in [0.29, 0.717) is 19.5 Å². The van der Waals surface area contributed by atoms with Crippen LogP contribution in [0.2, 0.25) is 0 Å². The second-order valence-electron chi connectivity index (χ2n) is 7.25. The lowest BCUT2D eigenvalue weighted by atomic mass is 9.65. The van der Waals surface area contributed by atoms with Gasteiger partial charge in [-0.3, -0.25) is 0 Å². The highest BCUT2D eigenvalue weighted by Gasteiger charge is 2.55. The summed E-state index contributed by atoms with van der Waals surface area (Å²) in [4.78, 5) is 0. The van der Waals surface area contributed by atoms with E-state index in [-0.39, 0.29) is 22.3 Å². The SMILES string of the molecule is COc1ccc2c3c1O[C@H]1C[C@@H](O)CC[C@@]31CC[N@@+](C)([O-])C2. The second kappa shape index (κ2) is 4.60. The summed E-state index contributed by atoms with van der Waals surface area (Å²) in [5.74, 6) is 1.55. The van der Waals surface area contributed by atoms with E-state index in [2.05, 4.69) is 0 Å². The van der Waals surface area contributed by atoms with Crippen LogP contribution in [0, 0.1) is 5.21 Å². The van der Waals surface area contributed by atoms with Gasteiger partial charge < -0.3 is 24.4 Å². The highest BCUT2D eigenvalue weighted by atomic mass is 16.5. The zero-order chi connectivity index (χ0) is 15.5. The Bertz CT molecular complexity index is 615. The molecule has 0 saturated heterocycles. The molecule has 5 heteroatoms. The molecule has 0 radical (unpaired) electrons. The Morgan fingerprint density at radius 2 is 2.23 bits per heavy atom. The lowest BCUT2D eigenvalue weighted by Gasteiger charge is -2.42. The number of benzene rings is 1. The third kappa shape index (κ3) is 1.89. The molecule has 1 aromatic carbocycles. The van der Waals surface area contributed by atoms with Crippen molar-refractivity contribution in [1.82, 2.24) is 0 Å². The molecular formula is C17H23NO4. The van der Waals surface area contributed by atoms with E-state index in [1.807, 2.05) is 12.1 Å². The predicted octanol–water partition coefficient (Wildman–Crippen LogP) is 2.09. The van der Waals surface area contributed by atoms with E-state index >= 15 is 0 Å². The van der Waals surface area contributed by atoms with Crippen molar-refractivity contribution in [2.24, 2.45) is 0 Å². The normalized spacial score (nSPS) is 39.5. The number of hydrogen-bond acceptors (Lipinski definition) is 4. The zero-order valence-corrected chi connectivity index (χ0v) is 13.2. The van der Waals surface area contributed by atoms with Crippen LogP contribution < -0.4 is 9.47 Å². The number of rotatable bonds is 1. The van der Waals surface area contributed by atoms with Crippen molar-refractivity contribution in [3.63, 3.8) is 0 Å². The van der Waals surface area contributed by atoms with E-state index < -0.39 is 0 Å². The zero-order valence-electron chi connectivity index (χ0n) is 13.2. The fourth-order valence-electron chi connectivity index (χ4n) is 4.61. The van der Waals surface area contributed by atoms with Crippen LogP contribution in [0.3, 0.4) is 0 Å². The van der Waals surface area contributed by atoms with Crippen molar-refractivity contribution in [2.45, 2.75) is 49.9 Å². The molecule has 1 saturated carbocycles. The maximum absolute atomic E-state index is 12.7. The van der Waals surface area contributed by atoms with E-state index in [0.717, 1.165) is 36.3 Å². The van der Waals surface area contributed by atoms with Crippen LogP contribution in [0.25, 0.3) is 0 Å². The Morgan fingerprint density at radius 1 is 1.41 bits per heavy atom. The fraction of sp³-hybridized carbons (Fsp3) is 0.647. The first-order valence-electron chi connectivity index (χ1n) is 8.06. The topological polar surface area (TPSA) is 61.8 Å². The van der Waals surface area contributed by atoms with Crippen LogP contribution in [-0.2, 0) is 12.0 Å². The number of nitrogens with zero attached hydrogens (tertiary/aromatic N) is 1. The van der Waals surface area contributed by atoms with Crippen LogP contribution in [-0.4, -0.2) is 42.7 Å². The van der Waals surface area contributed by atoms with Gasteiger partial charge in [-0.2, -0.15) is 0 Å². The third-order valence-corrected chi connectivity index (χ3v) is 5.75. The molecule has 0 unspecified atom stereocenters. The molecule has 1 fully saturated rings. The first-order chi connectivity index (χ1) is 10.5.